The molecule has 1 aliphatic rings. The zero-order valence-electron chi connectivity index (χ0n) is 19.0. The van der Waals surface area contributed by atoms with Crippen LogP contribution in [0.15, 0.2) is 78.9 Å². The van der Waals surface area contributed by atoms with Crippen LogP contribution in [0.25, 0.3) is 0 Å². The van der Waals surface area contributed by atoms with E-state index < -0.39 is 0 Å². The smallest absolute Gasteiger partial charge is 0.227 e. The molecule has 4 nitrogen and oxygen atoms in total. The average molecular weight is 429 g/mol. The van der Waals surface area contributed by atoms with Crippen LogP contribution < -0.4 is 9.64 Å². The molecule has 0 aliphatic carbocycles. The Kier molecular flexibility index (Phi) is 7.23. The first kappa shape index (κ1) is 22.1. The molecule has 0 radical (unpaired) electrons. The summed E-state index contributed by atoms with van der Waals surface area (Å²) in [6, 6.07) is 26.9. The second-order valence-electron chi connectivity index (χ2n) is 8.67. The third-order valence-electron chi connectivity index (χ3n) is 6.03. The molecule has 1 unspecified atom stereocenters. The minimum atomic E-state index is 0.0528. The lowest BCUT2D eigenvalue weighted by molar-refractivity contribution is -0.119. The minimum absolute atomic E-state index is 0.0528. The number of carbonyl (C=O) groups is 1. The summed E-state index contributed by atoms with van der Waals surface area (Å²) in [4.78, 5) is 17.3. The molecule has 1 atom stereocenters. The third-order valence-corrected chi connectivity index (χ3v) is 6.03. The van der Waals surface area contributed by atoms with Crippen LogP contribution in [0.1, 0.15) is 35.4 Å². The van der Waals surface area contributed by atoms with Gasteiger partial charge in [-0.1, -0.05) is 60.7 Å². The second-order valence-corrected chi connectivity index (χ2v) is 8.67. The molecule has 3 aromatic rings. The predicted octanol–water partition coefficient (Wildman–Crippen LogP) is 5.13. The van der Waals surface area contributed by atoms with Gasteiger partial charge in [0.05, 0.1) is 6.61 Å². The molecule has 1 heterocycles. The van der Waals surface area contributed by atoms with Crippen molar-refractivity contribution < 1.29 is 9.53 Å². The highest BCUT2D eigenvalue weighted by atomic mass is 16.5. The van der Waals surface area contributed by atoms with Gasteiger partial charge in [0.15, 0.2) is 0 Å². The maximum Gasteiger partial charge on any atom is 0.227 e. The number of nitrogens with zero attached hydrogens (tertiary/aromatic N) is 2. The first-order chi connectivity index (χ1) is 15.6. The van der Waals surface area contributed by atoms with E-state index in [1.807, 2.05) is 47.4 Å². The van der Waals surface area contributed by atoms with Crippen LogP contribution in [-0.2, 0) is 11.2 Å². The molecule has 4 heteroatoms. The molecule has 0 bridgehead atoms. The van der Waals surface area contributed by atoms with E-state index in [9.17, 15) is 4.79 Å². The lowest BCUT2D eigenvalue weighted by Gasteiger charge is -2.35. The Hall–Kier alpha value is -3.11. The van der Waals surface area contributed by atoms with Gasteiger partial charge < -0.3 is 14.5 Å². The SMILES string of the molecule is CN(C)CCCOc1ccc2c(c1)C(c1ccccc1)CC(=O)N2CCc1ccccc1. The number of hydrogen-bond acceptors (Lipinski definition) is 3. The molecule has 0 spiro atoms. The standard InChI is InChI=1S/C28H32N2O2/c1-29(2)17-9-19-32-24-14-15-27-26(20-24)25(23-12-7-4-8-13-23)21-28(31)30(27)18-16-22-10-5-3-6-11-22/h3-8,10-15,20,25H,9,16-19,21H2,1-2H3. The molecule has 0 saturated heterocycles. The fourth-order valence-corrected chi connectivity index (χ4v) is 4.36. The van der Waals surface area contributed by atoms with E-state index in [2.05, 4.69) is 55.4 Å². The van der Waals surface area contributed by atoms with Crippen molar-refractivity contribution in [3.8, 4) is 5.75 Å². The molecule has 0 fully saturated rings. The van der Waals surface area contributed by atoms with Crippen LogP contribution in [0.2, 0.25) is 0 Å². The Morgan fingerprint density at radius 2 is 1.69 bits per heavy atom. The molecule has 0 aromatic heterocycles. The Morgan fingerprint density at radius 3 is 2.41 bits per heavy atom. The summed E-state index contributed by atoms with van der Waals surface area (Å²) in [6.07, 6.45) is 2.30. The summed E-state index contributed by atoms with van der Waals surface area (Å²) >= 11 is 0. The Labute approximate surface area is 191 Å². The predicted molar refractivity (Wildman–Crippen MR) is 131 cm³/mol. The number of fused-ring (bicyclic) bond motifs is 1. The largest absolute Gasteiger partial charge is 0.494 e. The zero-order chi connectivity index (χ0) is 22.3. The van der Waals surface area contributed by atoms with Gasteiger partial charge in [-0.15, -0.1) is 0 Å². The van der Waals surface area contributed by atoms with Gasteiger partial charge >= 0.3 is 0 Å². The Morgan fingerprint density at radius 1 is 0.969 bits per heavy atom. The van der Waals surface area contributed by atoms with Crippen molar-refractivity contribution in [1.29, 1.82) is 0 Å². The molecule has 1 aliphatic heterocycles. The molecular formula is C28H32N2O2. The summed E-state index contributed by atoms with van der Waals surface area (Å²) in [5, 5.41) is 0. The first-order valence-corrected chi connectivity index (χ1v) is 11.4. The fraction of sp³-hybridized carbons (Fsp3) is 0.321. The van der Waals surface area contributed by atoms with E-state index in [1.165, 1.54) is 16.7 Å². The van der Waals surface area contributed by atoms with E-state index in [0.29, 0.717) is 19.6 Å². The third kappa shape index (κ3) is 5.38. The van der Waals surface area contributed by atoms with Gasteiger partial charge in [-0.05, 0) is 61.8 Å². The second kappa shape index (κ2) is 10.5. The summed E-state index contributed by atoms with van der Waals surface area (Å²) in [7, 11) is 4.15. The van der Waals surface area contributed by atoms with Gasteiger partial charge in [0.25, 0.3) is 0 Å². The first-order valence-electron chi connectivity index (χ1n) is 11.4. The number of amides is 1. The van der Waals surface area contributed by atoms with Crippen molar-refractivity contribution in [2.45, 2.75) is 25.2 Å². The molecule has 1 amide bonds. The number of hydrogen-bond donors (Lipinski definition) is 0. The quantitative estimate of drug-likeness (QED) is 0.443. The molecule has 32 heavy (non-hydrogen) atoms. The highest BCUT2D eigenvalue weighted by molar-refractivity contribution is 5.98. The van der Waals surface area contributed by atoms with Crippen molar-refractivity contribution in [3.05, 3.63) is 95.6 Å². The molecular weight excluding hydrogens is 396 g/mol. The van der Waals surface area contributed by atoms with Gasteiger partial charge in [-0.25, -0.2) is 0 Å². The lowest BCUT2D eigenvalue weighted by Crippen LogP contribution is -2.38. The van der Waals surface area contributed by atoms with Crippen molar-refractivity contribution >= 4 is 11.6 Å². The van der Waals surface area contributed by atoms with Gasteiger partial charge in [-0.3, -0.25) is 4.79 Å². The van der Waals surface area contributed by atoms with Crippen molar-refractivity contribution in [1.82, 2.24) is 4.90 Å². The van der Waals surface area contributed by atoms with Gasteiger partial charge in [0.2, 0.25) is 5.91 Å². The lowest BCUT2D eigenvalue weighted by atomic mass is 9.83. The van der Waals surface area contributed by atoms with Crippen molar-refractivity contribution in [2.75, 3.05) is 38.7 Å². The van der Waals surface area contributed by atoms with Gasteiger partial charge in [-0.2, -0.15) is 0 Å². The summed E-state index contributed by atoms with van der Waals surface area (Å²) < 4.78 is 6.07. The molecule has 166 valence electrons. The number of ether oxygens (including phenoxy) is 1. The summed E-state index contributed by atoms with van der Waals surface area (Å²) in [6.45, 7) is 2.36. The van der Waals surface area contributed by atoms with E-state index in [-0.39, 0.29) is 11.8 Å². The Bertz CT molecular complexity index is 1020. The van der Waals surface area contributed by atoms with Crippen LogP contribution >= 0.6 is 0 Å². The van der Waals surface area contributed by atoms with Gasteiger partial charge in [0, 0.05) is 31.1 Å². The number of rotatable bonds is 9. The minimum Gasteiger partial charge on any atom is -0.494 e. The monoisotopic (exact) mass is 428 g/mol. The number of benzene rings is 3. The number of anilines is 1. The molecule has 4 rings (SSSR count). The van der Waals surface area contributed by atoms with Crippen LogP contribution in [-0.4, -0.2) is 44.6 Å². The maximum absolute atomic E-state index is 13.2. The fourth-order valence-electron chi connectivity index (χ4n) is 4.36. The molecule has 0 N–H and O–H groups in total. The van der Waals surface area contributed by atoms with Crippen molar-refractivity contribution in [2.24, 2.45) is 0 Å². The number of carbonyl (C=O) groups excluding carboxylic acids is 1. The zero-order valence-corrected chi connectivity index (χ0v) is 19.0. The van der Waals surface area contributed by atoms with Gasteiger partial charge in [0.1, 0.15) is 5.75 Å². The highest BCUT2D eigenvalue weighted by Gasteiger charge is 2.32. The highest BCUT2D eigenvalue weighted by Crippen LogP contribution is 2.41. The average Bonchev–Trinajstić information content (AvgIpc) is 2.82. The molecule has 3 aromatic carbocycles. The van der Waals surface area contributed by atoms with E-state index >= 15 is 0 Å². The summed E-state index contributed by atoms with van der Waals surface area (Å²) in [5.41, 5.74) is 4.60. The van der Waals surface area contributed by atoms with Crippen LogP contribution in [0.5, 0.6) is 5.75 Å². The van der Waals surface area contributed by atoms with E-state index in [0.717, 1.165) is 30.8 Å². The van der Waals surface area contributed by atoms with E-state index in [4.69, 9.17) is 4.74 Å². The maximum atomic E-state index is 13.2. The van der Waals surface area contributed by atoms with Crippen LogP contribution in [0.3, 0.4) is 0 Å². The van der Waals surface area contributed by atoms with Crippen LogP contribution in [0, 0.1) is 0 Å². The summed E-state index contributed by atoms with van der Waals surface area (Å²) in [5.74, 6) is 1.11. The normalized spacial score (nSPS) is 15.7. The topological polar surface area (TPSA) is 32.8 Å². The van der Waals surface area contributed by atoms with E-state index in [1.54, 1.807) is 0 Å². The van der Waals surface area contributed by atoms with Crippen LogP contribution in [0.4, 0.5) is 5.69 Å². The Balaban J connectivity index is 1.59. The molecule has 0 saturated carbocycles. The van der Waals surface area contributed by atoms with Crippen molar-refractivity contribution in [3.63, 3.8) is 0 Å².